The molecule has 0 radical (unpaired) electrons. The van der Waals surface area contributed by atoms with Crippen molar-refractivity contribution < 1.29 is 13.9 Å². The summed E-state index contributed by atoms with van der Waals surface area (Å²) >= 11 is 0. The van der Waals surface area contributed by atoms with Gasteiger partial charge >= 0.3 is 0 Å². The van der Waals surface area contributed by atoms with Crippen molar-refractivity contribution in [2.75, 3.05) is 27.2 Å². The number of ether oxygens (including phenoxy) is 1. The molecule has 0 spiro atoms. The second-order valence-electron chi connectivity index (χ2n) is 4.83. The Hall–Kier alpha value is -1.62. The van der Waals surface area contributed by atoms with Crippen molar-refractivity contribution in [3.8, 4) is 5.75 Å². The quantitative estimate of drug-likeness (QED) is 0.901. The molecule has 2 rings (SSSR count). The van der Waals surface area contributed by atoms with Crippen LogP contribution in [-0.2, 0) is 0 Å². The molecule has 104 valence electrons. The second kappa shape index (κ2) is 6.02. The zero-order valence-electron chi connectivity index (χ0n) is 11.3. The van der Waals surface area contributed by atoms with Crippen LogP contribution in [0.5, 0.6) is 5.75 Å². The molecule has 5 heteroatoms. The molecular weight excluding hydrogens is 247 g/mol. The van der Waals surface area contributed by atoms with E-state index >= 15 is 0 Å². The topological polar surface area (TPSA) is 41.6 Å². The molecule has 1 fully saturated rings. The number of hydrogen-bond donors (Lipinski definition) is 1. The molecule has 0 bridgehead atoms. The Labute approximate surface area is 112 Å². The van der Waals surface area contributed by atoms with Crippen molar-refractivity contribution in [2.45, 2.75) is 18.9 Å². The first-order valence-electron chi connectivity index (χ1n) is 6.44. The van der Waals surface area contributed by atoms with Crippen molar-refractivity contribution in [2.24, 2.45) is 0 Å². The van der Waals surface area contributed by atoms with Crippen molar-refractivity contribution in [1.29, 1.82) is 0 Å². The van der Waals surface area contributed by atoms with Crippen LogP contribution in [0.3, 0.4) is 0 Å². The number of nitrogens with zero attached hydrogens (tertiary/aromatic N) is 1. The Morgan fingerprint density at radius 1 is 1.58 bits per heavy atom. The summed E-state index contributed by atoms with van der Waals surface area (Å²) in [6.45, 7) is 1.68. The average molecular weight is 266 g/mol. The minimum atomic E-state index is -0.459. The highest BCUT2D eigenvalue weighted by atomic mass is 19.1. The van der Waals surface area contributed by atoms with Crippen molar-refractivity contribution in [3.05, 3.63) is 29.6 Å². The van der Waals surface area contributed by atoms with Crippen LogP contribution in [-0.4, -0.2) is 44.1 Å². The summed E-state index contributed by atoms with van der Waals surface area (Å²) in [7, 11) is 3.15. The summed E-state index contributed by atoms with van der Waals surface area (Å²) in [5, 5.41) is 3.35. The normalized spacial score (nSPS) is 18.4. The number of benzene rings is 1. The highest BCUT2D eigenvalue weighted by Crippen LogP contribution is 2.19. The van der Waals surface area contributed by atoms with Gasteiger partial charge in [0.15, 0.2) is 11.6 Å². The molecule has 1 aliphatic rings. The number of rotatable bonds is 4. The SMILES string of the molecule is COc1cc(C(=O)N(C)CC2CCCN2)ccc1F. The van der Waals surface area contributed by atoms with Gasteiger partial charge in [-0.1, -0.05) is 0 Å². The van der Waals surface area contributed by atoms with E-state index in [0.29, 0.717) is 18.2 Å². The molecular formula is C14H19FN2O2. The monoisotopic (exact) mass is 266 g/mol. The number of likely N-dealkylation sites (N-methyl/N-ethyl adjacent to an activating group) is 1. The number of hydrogen-bond acceptors (Lipinski definition) is 3. The molecule has 1 heterocycles. The first-order chi connectivity index (χ1) is 9.11. The van der Waals surface area contributed by atoms with Gasteiger partial charge in [-0.15, -0.1) is 0 Å². The van der Waals surface area contributed by atoms with Crippen LogP contribution < -0.4 is 10.1 Å². The molecule has 4 nitrogen and oxygen atoms in total. The number of carbonyl (C=O) groups excluding carboxylic acids is 1. The van der Waals surface area contributed by atoms with Gasteiger partial charge in [0.05, 0.1) is 7.11 Å². The minimum Gasteiger partial charge on any atom is -0.494 e. The Bertz CT molecular complexity index is 459. The van der Waals surface area contributed by atoms with E-state index in [1.807, 2.05) is 0 Å². The van der Waals surface area contributed by atoms with E-state index in [1.165, 1.54) is 25.3 Å². The van der Waals surface area contributed by atoms with Gasteiger partial charge in [-0.25, -0.2) is 4.39 Å². The molecule has 1 aromatic rings. The van der Waals surface area contributed by atoms with Crippen LogP contribution in [0.2, 0.25) is 0 Å². The zero-order valence-corrected chi connectivity index (χ0v) is 11.3. The van der Waals surface area contributed by atoms with E-state index < -0.39 is 5.82 Å². The van der Waals surface area contributed by atoms with Crippen LogP contribution >= 0.6 is 0 Å². The molecule has 1 atom stereocenters. The van der Waals surface area contributed by atoms with Gasteiger partial charge in [0, 0.05) is 25.2 Å². The van der Waals surface area contributed by atoms with Gasteiger partial charge < -0.3 is 15.0 Å². The fraction of sp³-hybridized carbons (Fsp3) is 0.500. The third-order valence-electron chi connectivity index (χ3n) is 3.40. The van der Waals surface area contributed by atoms with E-state index in [2.05, 4.69) is 5.32 Å². The van der Waals surface area contributed by atoms with E-state index in [0.717, 1.165) is 19.4 Å². The number of carbonyl (C=O) groups is 1. The third kappa shape index (κ3) is 3.23. The van der Waals surface area contributed by atoms with Gasteiger partial charge in [0.1, 0.15) is 0 Å². The molecule has 1 saturated heterocycles. The van der Waals surface area contributed by atoms with E-state index in [9.17, 15) is 9.18 Å². The first-order valence-corrected chi connectivity index (χ1v) is 6.44. The summed E-state index contributed by atoms with van der Waals surface area (Å²) < 4.78 is 18.2. The summed E-state index contributed by atoms with van der Waals surface area (Å²) in [5.41, 5.74) is 0.443. The summed E-state index contributed by atoms with van der Waals surface area (Å²) in [4.78, 5) is 13.9. The number of amides is 1. The number of nitrogens with one attached hydrogen (secondary N) is 1. The van der Waals surface area contributed by atoms with Crippen LogP contribution in [0.25, 0.3) is 0 Å². The largest absolute Gasteiger partial charge is 0.494 e. The van der Waals surface area contributed by atoms with Gasteiger partial charge in [-0.3, -0.25) is 4.79 Å². The maximum Gasteiger partial charge on any atom is 0.253 e. The minimum absolute atomic E-state index is 0.0956. The van der Waals surface area contributed by atoms with Crippen molar-refractivity contribution in [1.82, 2.24) is 10.2 Å². The molecule has 1 aliphatic heterocycles. The second-order valence-corrected chi connectivity index (χ2v) is 4.83. The lowest BCUT2D eigenvalue weighted by atomic mass is 10.1. The maximum atomic E-state index is 13.3. The molecule has 0 aromatic heterocycles. The van der Waals surface area contributed by atoms with Gasteiger partial charge in [-0.2, -0.15) is 0 Å². The third-order valence-corrected chi connectivity index (χ3v) is 3.40. The van der Waals surface area contributed by atoms with Crippen LogP contribution in [0, 0.1) is 5.82 Å². The van der Waals surface area contributed by atoms with Crippen molar-refractivity contribution in [3.63, 3.8) is 0 Å². The fourth-order valence-electron chi connectivity index (χ4n) is 2.34. The predicted octanol–water partition coefficient (Wildman–Crippen LogP) is 1.66. The smallest absolute Gasteiger partial charge is 0.253 e. The Kier molecular flexibility index (Phi) is 4.37. The maximum absolute atomic E-state index is 13.3. The molecule has 1 unspecified atom stereocenters. The molecule has 1 aromatic carbocycles. The Balaban J connectivity index is 2.05. The molecule has 1 N–H and O–H groups in total. The summed E-state index contributed by atoms with van der Waals surface area (Å²) in [6.07, 6.45) is 2.24. The van der Waals surface area contributed by atoms with Gasteiger partial charge in [-0.05, 0) is 37.6 Å². The van der Waals surface area contributed by atoms with E-state index in [-0.39, 0.29) is 11.7 Å². The van der Waals surface area contributed by atoms with E-state index in [4.69, 9.17) is 4.74 Å². The van der Waals surface area contributed by atoms with Gasteiger partial charge in [0.25, 0.3) is 5.91 Å². The van der Waals surface area contributed by atoms with Gasteiger partial charge in [0.2, 0.25) is 0 Å². The summed E-state index contributed by atoms with van der Waals surface area (Å²) in [5.74, 6) is -0.482. The fourth-order valence-corrected chi connectivity index (χ4v) is 2.34. The Morgan fingerprint density at radius 2 is 2.37 bits per heavy atom. The number of halogens is 1. The summed E-state index contributed by atoms with van der Waals surface area (Å²) in [6, 6.07) is 4.54. The standard InChI is InChI=1S/C14H19FN2O2/c1-17(9-11-4-3-7-16-11)14(18)10-5-6-12(15)13(8-10)19-2/h5-6,8,11,16H,3-4,7,9H2,1-2H3. The Morgan fingerprint density at radius 3 is 3.00 bits per heavy atom. The lowest BCUT2D eigenvalue weighted by Gasteiger charge is -2.21. The average Bonchev–Trinajstić information content (AvgIpc) is 2.91. The molecule has 0 saturated carbocycles. The molecule has 0 aliphatic carbocycles. The lowest BCUT2D eigenvalue weighted by molar-refractivity contribution is 0.0783. The highest BCUT2D eigenvalue weighted by molar-refractivity contribution is 5.94. The molecule has 19 heavy (non-hydrogen) atoms. The van der Waals surface area contributed by atoms with Crippen molar-refractivity contribution >= 4 is 5.91 Å². The highest BCUT2D eigenvalue weighted by Gasteiger charge is 2.20. The van der Waals surface area contributed by atoms with E-state index in [1.54, 1.807) is 11.9 Å². The zero-order chi connectivity index (χ0) is 13.8. The molecule has 1 amide bonds. The van der Waals surface area contributed by atoms with Crippen LogP contribution in [0.15, 0.2) is 18.2 Å². The first kappa shape index (κ1) is 13.8. The van der Waals surface area contributed by atoms with Crippen LogP contribution in [0.4, 0.5) is 4.39 Å². The lowest BCUT2D eigenvalue weighted by Crippen LogP contribution is -2.38. The predicted molar refractivity (Wildman–Crippen MR) is 70.9 cm³/mol. The van der Waals surface area contributed by atoms with Crippen LogP contribution in [0.1, 0.15) is 23.2 Å². The number of methoxy groups -OCH3 is 1.